The fourth-order valence-corrected chi connectivity index (χ4v) is 2.43. The quantitative estimate of drug-likeness (QED) is 0.803. The Balaban J connectivity index is 1.91. The van der Waals surface area contributed by atoms with E-state index in [0.29, 0.717) is 24.5 Å². The van der Waals surface area contributed by atoms with E-state index >= 15 is 0 Å². The van der Waals surface area contributed by atoms with Gasteiger partial charge in [-0.15, -0.1) is 0 Å². The molecule has 2 unspecified atom stereocenters. The maximum atomic E-state index is 12.4. The number of benzene rings is 2. The van der Waals surface area contributed by atoms with Crippen LogP contribution in [0.4, 0.5) is 0 Å². The van der Waals surface area contributed by atoms with Gasteiger partial charge in [-0.2, -0.15) is 0 Å². The van der Waals surface area contributed by atoms with Gasteiger partial charge in [-0.05, 0) is 30.0 Å². The Morgan fingerprint density at radius 1 is 1.08 bits per heavy atom. The third-order valence-electron chi connectivity index (χ3n) is 3.93. The van der Waals surface area contributed by atoms with E-state index in [1.807, 2.05) is 43.3 Å². The van der Waals surface area contributed by atoms with E-state index in [4.69, 9.17) is 9.47 Å². The van der Waals surface area contributed by atoms with Crippen molar-refractivity contribution in [2.24, 2.45) is 0 Å². The van der Waals surface area contributed by atoms with E-state index in [2.05, 4.69) is 24.4 Å². The lowest BCUT2D eigenvalue weighted by Gasteiger charge is -2.19. The van der Waals surface area contributed by atoms with Crippen LogP contribution in [0.25, 0.3) is 0 Å². The van der Waals surface area contributed by atoms with E-state index in [1.165, 1.54) is 5.56 Å². The molecule has 4 nitrogen and oxygen atoms in total. The molecule has 0 aromatic heterocycles. The summed E-state index contributed by atoms with van der Waals surface area (Å²) in [5, 5.41) is 2.99. The lowest BCUT2D eigenvalue weighted by atomic mass is 10.0. The highest BCUT2D eigenvalue weighted by Crippen LogP contribution is 2.21. The average Bonchev–Trinajstić information content (AvgIpc) is 2.64. The number of hydrogen-bond acceptors (Lipinski definition) is 3. The molecule has 0 saturated carbocycles. The van der Waals surface area contributed by atoms with Gasteiger partial charge in [0.2, 0.25) is 0 Å². The van der Waals surface area contributed by atoms with Crippen LogP contribution in [0.3, 0.4) is 0 Å². The Morgan fingerprint density at radius 2 is 1.79 bits per heavy atom. The molecular weight excluding hydrogens is 302 g/mol. The zero-order chi connectivity index (χ0) is 17.4. The summed E-state index contributed by atoms with van der Waals surface area (Å²) in [6.45, 7) is 4.62. The van der Waals surface area contributed by atoms with E-state index < -0.39 is 6.10 Å². The minimum Gasteiger partial charge on any atom is -0.497 e. The first kappa shape index (κ1) is 17.9. The van der Waals surface area contributed by atoms with Crippen LogP contribution in [-0.4, -0.2) is 25.7 Å². The first-order valence-corrected chi connectivity index (χ1v) is 8.27. The van der Waals surface area contributed by atoms with Crippen molar-refractivity contribution in [1.29, 1.82) is 0 Å². The van der Waals surface area contributed by atoms with Gasteiger partial charge in [-0.1, -0.05) is 50.2 Å². The lowest BCUT2D eigenvalue weighted by Crippen LogP contribution is -2.39. The van der Waals surface area contributed by atoms with Gasteiger partial charge in [-0.25, -0.2) is 0 Å². The molecule has 1 amide bonds. The zero-order valence-corrected chi connectivity index (χ0v) is 14.5. The van der Waals surface area contributed by atoms with Gasteiger partial charge in [0.05, 0.1) is 7.11 Å². The van der Waals surface area contributed by atoms with Crippen molar-refractivity contribution < 1.29 is 14.3 Å². The topological polar surface area (TPSA) is 47.6 Å². The van der Waals surface area contributed by atoms with Crippen molar-refractivity contribution in [3.63, 3.8) is 0 Å². The second kappa shape index (κ2) is 8.96. The number of ether oxygens (including phenoxy) is 2. The normalized spacial score (nSPS) is 13.0. The van der Waals surface area contributed by atoms with Gasteiger partial charge in [0.15, 0.2) is 6.10 Å². The van der Waals surface area contributed by atoms with Crippen molar-refractivity contribution in [3.8, 4) is 11.5 Å². The van der Waals surface area contributed by atoms with Crippen molar-refractivity contribution >= 4 is 5.91 Å². The summed E-state index contributed by atoms with van der Waals surface area (Å²) in [5.74, 6) is 1.50. The SMILES string of the molecule is CCC(Oc1cccc(OC)c1)C(=O)NCC(C)c1ccccc1. The predicted molar refractivity (Wildman–Crippen MR) is 95.6 cm³/mol. The standard InChI is InChI=1S/C20H25NO3/c1-4-19(24-18-12-8-11-17(13-18)23-3)20(22)21-14-15(2)16-9-6-5-7-10-16/h5-13,15,19H,4,14H2,1-3H3,(H,21,22). The van der Waals surface area contributed by atoms with Crippen LogP contribution >= 0.6 is 0 Å². The molecule has 0 aliphatic rings. The van der Waals surface area contributed by atoms with Crippen LogP contribution < -0.4 is 14.8 Å². The zero-order valence-electron chi connectivity index (χ0n) is 14.5. The van der Waals surface area contributed by atoms with Crippen LogP contribution in [0.5, 0.6) is 11.5 Å². The molecule has 1 N–H and O–H groups in total. The van der Waals surface area contributed by atoms with Crippen molar-refractivity contribution in [2.75, 3.05) is 13.7 Å². The minimum absolute atomic E-state index is 0.0944. The average molecular weight is 327 g/mol. The number of amides is 1. The Labute approximate surface area is 143 Å². The van der Waals surface area contributed by atoms with E-state index in [9.17, 15) is 4.79 Å². The number of carbonyl (C=O) groups excluding carboxylic acids is 1. The van der Waals surface area contributed by atoms with E-state index in [-0.39, 0.29) is 11.8 Å². The molecule has 0 radical (unpaired) electrons. The smallest absolute Gasteiger partial charge is 0.261 e. The maximum Gasteiger partial charge on any atom is 0.261 e. The highest BCUT2D eigenvalue weighted by Gasteiger charge is 2.19. The van der Waals surface area contributed by atoms with Crippen molar-refractivity contribution in [3.05, 3.63) is 60.2 Å². The summed E-state index contributed by atoms with van der Waals surface area (Å²) in [5.41, 5.74) is 1.21. The second-order valence-electron chi connectivity index (χ2n) is 5.75. The second-order valence-corrected chi connectivity index (χ2v) is 5.75. The van der Waals surface area contributed by atoms with Gasteiger partial charge in [0, 0.05) is 12.6 Å². The van der Waals surface area contributed by atoms with Gasteiger partial charge < -0.3 is 14.8 Å². The van der Waals surface area contributed by atoms with Crippen LogP contribution in [0.2, 0.25) is 0 Å². The molecule has 0 bridgehead atoms. The molecule has 0 spiro atoms. The summed E-state index contributed by atoms with van der Waals surface area (Å²) in [4.78, 5) is 12.4. The largest absolute Gasteiger partial charge is 0.497 e. The van der Waals surface area contributed by atoms with Crippen molar-refractivity contribution in [2.45, 2.75) is 32.3 Å². The fraction of sp³-hybridized carbons (Fsp3) is 0.350. The summed E-state index contributed by atoms with van der Waals surface area (Å²) in [6, 6.07) is 17.4. The molecule has 2 rings (SSSR count). The molecule has 0 heterocycles. The molecule has 2 atom stereocenters. The summed E-state index contributed by atoms with van der Waals surface area (Å²) < 4.78 is 11.0. The Hall–Kier alpha value is -2.49. The summed E-state index contributed by atoms with van der Waals surface area (Å²) in [6.07, 6.45) is 0.0861. The Kier molecular flexibility index (Phi) is 6.67. The van der Waals surface area contributed by atoms with Crippen molar-refractivity contribution in [1.82, 2.24) is 5.32 Å². The number of carbonyl (C=O) groups is 1. The first-order chi connectivity index (χ1) is 11.6. The number of nitrogens with one attached hydrogen (secondary N) is 1. The van der Waals surface area contributed by atoms with Gasteiger partial charge in [0.1, 0.15) is 11.5 Å². The molecular formula is C20H25NO3. The van der Waals surface area contributed by atoms with Crippen LogP contribution in [0.15, 0.2) is 54.6 Å². The fourth-order valence-electron chi connectivity index (χ4n) is 2.43. The van der Waals surface area contributed by atoms with Gasteiger partial charge in [-0.3, -0.25) is 4.79 Å². The van der Waals surface area contributed by atoms with Crippen LogP contribution in [0.1, 0.15) is 31.7 Å². The van der Waals surface area contributed by atoms with Gasteiger partial charge in [0.25, 0.3) is 5.91 Å². The van der Waals surface area contributed by atoms with Crippen LogP contribution in [-0.2, 0) is 4.79 Å². The molecule has 0 fully saturated rings. The minimum atomic E-state index is -0.514. The monoisotopic (exact) mass is 327 g/mol. The lowest BCUT2D eigenvalue weighted by molar-refractivity contribution is -0.128. The van der Waals surface area contributed by atoms with Gasteiger partial charge >= 0.3 is 0 Å². The molecule has 0 aliphatic heterocycles. The number of methoxy groups -OCH3 is 1. The summed E-state index contributed by atoms with van der Waals surface area (Å²) in [7, 11) is 1.61. The Bertz CT molecular complexity index is 642. The highest BCUT2D eigenvalue weighted by molar-refractivity contribution is 5.81. The molecule has 4 heteroatoms. The third-order valence-corrected chi connectivity index (χ3v) is 3.93. The number of rotatable bonds is 8. The molecule has 0 aliphatic carbocycles. The molecule has 0 saturated heterocycles. The maximum absolute atomic E-state index is 12.4. The molecule has 128 valence electrons. The molecule has 2 aromatic carbocycles. The predicted octanol–water partition coefficient (Wildman–Crippen LogP) is 3.77. The third kappa shape index (κ3) is 5.01. The van der Waals surface area contributed by atoms with Crippen LogP contribution in [0, 0.1) is 0 Å². The summed E-state index contributed by atoms with van der Waals surface area (Å²) >= 11 is 0. The molecule has 24 heavy (non-hydrogen) atoms. The number of hydrogen-bond donors (Lipinski definition) is 1. The first-order valence-electron chi connectivity index (χ1n) is 8.27. The highest BCUT2D eigenvalue weighted by atomic mass is 16.5. The van der Waals surface area contributed by atoms with E-state index in [0.717, 1.165) is 0 Å². The Morgan fingerprint density at radius 3 is 2.46 bits per heavy atom. The molecule has 2 aromatic rings. The van der Waals surface area contributed by atoms with E-state index in [1.54, 1.807) is 13.2 Å².